The minimum absolute atomic E-state index is 0.180. The van der Waals surface area contributed by atoms with Gasteiger partial charge in [0.2, 0.25) is 0 Å². The van der Waals surface area contributed by atoms with Crippen molar-refractivity contribution in [1.29, 1.82) is 0 Å². The van der Waals surface area contributed by atoms with Gasteiger partial charge in [0.15, 0.2) is 18.1 Å². The van der Waals surface area contributed by atoms with Crippen LogP contribution in [0, 0.1) is 0 Å². The first-order valence-corrected chi connectivity index (χ1v) is 11.4. The van der Waals surface area contributed by atoms with E-state index in [0.717, 1.165) is 5.56 Å². The van der Waals surface area contributed by atoms with Crippen LogP contribution in [0.25, 0.3) is 0 Å². The van der Waals surface area contributed by atoms with Gasteiger partial charge in [0.25, 0.3) is 11.8 Å². The molecule has 0 bridgehead atoms. The van der Waals surface area contributed by atoms with E-state index < -0.39 is 6.16 Å². The molecule has 3 aromatic rings. The number of hydrogen-bond donors (Lipinski definition) is 2. The lowest BCUT2D eigenvalue weighted by atomic mass is 10.1. The van der Waals surface area contributed by atoms with Crippen molar-refractivity contribution < 1.29 is 33.3 Å². The predicted octanol–water partition coefficient (Wildman–Crippen LogP) is 4.57. The lowest BCUT2D eigenvalue weighted by Crippen LogP contribution is -2.23. The summed E-state index contributed by atoms with van der Waals surface area (Å²) in [5, 5.41) is 5.60. The minimum atomic E-state index is -0.802. The average Bonchev–Trinajstić information content (AvgIpc) is 2.88. The lowest BCUT2D eigenvalue weighted by Gasteiger charge is -2.12. The van der Waals surface area contributed by atoms with Crippen molar-refractivity contribution in [3.63, 3.8) is 0 Å². The molecule has 2 N–H and O–H groups in total. The van der Waals surface area contributed by atoms with Gasteiger partial charge in [-0.1, -0.05) is 24.3 Å². The number of carbonyl (C=O) groups excluding carboxylic acids is 3. The van der Waals surface area contributed by atoms with Gasteiger partial charge in [-0.25, -0.2) is 4.79 Å². The van der Waals surface area contributed by atoms with E-state index in [9.17, 15) is 14.4 Å². The van der Waals surface area contributed by atoms with Gasteiger partial charge in [-0.2, -0.15) is 0 Å². The summed E-state index contributed by atoms with van der Waals surface area (Å²) in [5.74, 6) is 0.720. The summed E-state index contributed by atoms with van der Waals surface area (Å²) in [4.78, 5) is 36.2. The maximum atomic E-state index is 12.5. The zero-order valence-corrected chi connectivity index (χ0v) is 20.1. The van der Waals surface area contributed by atoms with E-state index in [4.69, 9.17) is 18.9 Å². The van der Waals surface area contributed by atoms with Crippen molar-refractivity contribution >= 4 is 23.7 Å². The number of benzene rings is 3. The molecule has 0 aliphatic heterocycles. The van der Waals surface area contributed by atoms with Gasteiger partial charge in [-0.05, 0) is 67.9 Å². The van der Waals surface area contributed by atoms with Crippen molar-refractivity contribution in [1.82, 2.24) is 5.32 Å². The third-order valence-electron chi connectivity index (χ3n) is 4.75. The summed E-state index contributed by atoms with van der Waals surface area (Å²) in [6, 6.07) is 20.4. The lowest BCUT2D eigenvalue weighted by molar-refractivity contribution is -0.118. The summed E-state index contributed by atoms with van der Waals surface area (Å²) >= 11 is 0. The Hall–Kier alpha value is -4.53. The maximum absolute atomic E-state index is 12.5. The van der Waals surface area contributed by atoms with Crippen LogP contribution in [0.2, 0.25) is 0 Å². The number of nitrogens with one attached hydrogen (secondary N) is 2. The van der Waals surface area contributed by atoms with Crippen molar-refractivity contribution in [3.8, 4) is 17.2 Å². The molecule has 9 nitrogen and oxygen atoms in total. The number of amides is 2. The normalized spacial score (nSPS) is 10.2. The van der Waals surface area contributed by atoms with Gasteiger partial charge in [0.05, 0.1) is 13.2 Å². The van der Waals surface area contributed by atoms with Gasteiger partial charge >= 0.3 is 6.16 Å². The topological polar surface area (TPSA) is 112 Å². The SMILES string of the molecule is CCOC(=O)Oc1ccc(C(=O)NCc2cccc(NC(=O)COc3ccccc3OCC)c2)cc1. The molecule has 9 heteroatoms. The Labute approximate surface area is 209 Å². The second-order valence-electron chi connectivity index (χ2n) is 7.41. The number of rotatable bonds is 11. The van der Waals surface area contributed by atoms with E-state index in [1.165, 1.54) is 12.1 Å². The first kappa shape index (κ1) is 26.1. The third kappa shape index (κ3) is 8.05. The number of ether oxygens (including phenoxy) is 4. The molecule has 0 unspecified atom stereocenters. The Kier molecular flexibility index (Phi) is 9.69. The molecule has 0 aromatic heterocycles. The molecule has 0 fully saturated rings. The van der Waals surface area contributed by atoms with Crippen LogP contribution < -0.4 is 24.8 Å². The highest BCUT2D eigenvalue weighted by molar-refractivity contribution is 5.94. The molecule has 0 spiro atoms. The maximum Gasteiger partial charge on any atom is 0.513 e. The van der Waals surface area contributed by atoms with Crippen molar-refractivity contribution in [2.24, 2.45) is 0 Å². The summed E-state index contributed by atoms with van der Waals surface area (Å²) < 4.78 is 20.8. The fourth-order valence-corrected chi connectivity index (χ4v) is 3.15. The smallest absolute Gasteiger partial charge is 0.490 e. The van der Waals surface area contributed by atoms with Crippen LogP contribution in [0.5, 0.6) is 17.2 Å². The zero-order valence-electron chi connectivity index (χ0n) is 20.1. The minimum Gasteiger partial charge on any atom is -0.490 e. The van der Waals surface area contributed by atoms with Crippen molar-refractivity contribution in [2.75, 3.05) is 25.1 Å². The number of anilines is 1. The predicted molar refractivity (Wildman–Crippen MR) is 133 cm³/mol. The van der Waals surface area contributed by atoms with Gasteiger partial charge in [-0.3, -0.25) is 9.59 Å². The van der Waals surface area contributed by atoms with E-state index in [-0.39, 0.29) is 37.3 Å². The number of para-hydroxylation sites is 2. The Morgan fingerprint density at radius 3 is 2.22 bits per heavy atom. The molecule has 0 saturated heterocycles. The van der Waals surface area contributed by atoms with Crippen LogP contribution in [-0.2, 0) is 16.1 Å². The first-order chi connectivity index (χ1) is 17.5. The second-order valence-corrected chi connectivity index (χ2v) is 7.41. The fourth-order valence-electron chi connectivity index (χ4n) is 3.15. The highest BCUT2D eigenvalue weighted by atomic mass is 16.7. The van der Waals surface area contributed by atoms with Crippen molar-refractivity contribution in [2.45, 2.75) is 20.4 Å². The molecular formula is C27H28N2O7. The quantitative estimate of drug-likeness (QED) is 0.298. The van der Waals surface area contributed by atoms with E-state index in [1.54, 1.807) is 55.5 Å². The second kappa shape index (κ2) is 13.4. The monoisotopic (exact) mass is 492 g/mol. The molecule has 3 rings (SSSR count). The van der Waals surface area contributed by atoms with Gasteiger partial charge in [0, 0.05) is 17.8 Å². The molecule has 0 aliphatic rings. The van der Waals surface area contributed by atoms with E-state index in [1.807, 2.05) is 19.1 Å². The summed E-state index contributed by atoms with van der Waals surface area (Å²) in [6.07, 6.45) is -0.802. The van der Waals surface area contributed by atoms with Crippen LogP contribution in [-0.4, -0.2) is 37.8 Å². The molecule has 0 aliphatic carbocycles. The summed E-state index contributed by atoms with van der Waals surface area (Å²) in [5.41, 5.74) is 1.78. The highest BCUT2D eigenvalue weighted by Gasteiger charge is 2.10. The molecule has 0 saturated carbocycles. The van der Waals surface area contributed by atoms with Gasteiger partial charge < -0.3 is 29.6 Å². The van der Waals surface area contributed by atoms with Crippen LogP contribution in [0.1, 0.15) is 29.8 Å². The average molecular weight is 493 g/mol. The molecule has 0 radical (unpaired) electrons. The third-order valence-corrected chi connectivity index (χ3v) is 4.75. The zero-order chi connectivity index (χ0) is 25.8. The Balaban J connectivity index is 1.49. The largest absolute Gasteiger partial charge is 0.513 e. The number of hydrogen-bond acceptors (Lipinski definition) is 7. The standard InChI is InChI=1S/C27H28N2O7/c1-3-33-23-10-5-6-11-24(23)35-18-25(30)29-21-9-7-8-19(16-21)17-28-26(31)20-12-14-22(15-13-20)36-27(32)34-4-2/h5-16H,3-4,17-18H2,1-2H3,(H,28,31)(H,29,30). The fraction of sp³-hybridized carbons (Fsp3) is 0.222. The van der Waals surface area contributed by atoms with Crippen LogP contribution in [0.15, 0.2) is 72.8 Å². The molecule has 0 heterocycles. The van der Waals surface area contributed by atoms with Crippen LogP contribution in [0.3, 0.4) is 0 Å². The van der Waals surface area contributed by atoms with Crippen molar-refractivity contribution in [3.05, 3.63) is 83.9 Å². The van der Waals surface area contributed by atoms with Gasteiger partial charge in [-0.15, -0.1) is 0 Å². The molecule has 3 aromatic carbocycles. The van der Waals surface area contributed by atoms with E-state index in [0.29, 0.717) is 29.4 Å². The first-order valence-electron chi connectivity index (χ1n) is 11.4. The van der Waals surface area contributed by atoms with Gasteiger partial charge in [0.1, 0.15) is 5.75 Å². The molecule has 0 atom stereocenters. The van der Waals surface area contributed by atoms with Crippen LogP contribution in [0.4, 0.5) is 10.5 Å². The molecular weight excluding hydrogens is 464 g/mol. The van der Waals surface area contributed by atoms with Crippen LogP contribution >= 0.6 is 0 Å². The Bertz CT molecular complexity index is 1180. The molecule has 2 amide bonds. The summed E-state index contributed by atoms with van der Waals surface area (Å²) in [7, 11) is 0. The van der Waals surface area contributed by atoms with E-state index >= 15 is 0 Å². The Morgan fingerprint density at radius 1 is 0.806 bits per heavy atom. The number of carbonyl (C=O) groups is 3. The summed E-state index contributed by atoms with van der Waals surface area (Å²) in [6.45, 7) is 4.32. The molecule has 36 heavy (non-hydrogen) atoms. The highest BCUT2D eigenvalue weighted by Crippen LogP contribution is 2.26. The van der Waals surface area contributed by atoms with E-state index in [2.05, 4.69) is 10.6 Å². The Morgan fingerprint density at radius 2 is 1.53 bits per heavy atom. The molecule has 188 valence electrons.